The van der Waals surface area contributed by atoms with E-state index in [9.17, 15) is 4.79 Å². The minimum Gasteiger partial charge on any atom is -0.478 e. The number of thiophene rings is 1. The van der Waals surface area contributed by atoms with Crippen molar-refractivity contribution in [3.63, 3.8) is 0 Å². The molecule has 0 radical (unpaired) electrons. The van der Waals surface area contributed by atoms with Crippen LogP contribution in [0.15, 0.2) is 40.3 Å². The van der Waals surface area contributed by atoms with Crippen LogP contribution in [-0.4, -0.2) is 16.1 Å². The van der Waals surface area contributed by atoms with E-state index in [4.69, 9.17) is 9.52 Å². The third-order valence-corrected chi connectivity index (χ3v) is 3.96. The first-order valence-electron chi connectivity index (χ1n) is 4.76. The number of aliphatic carboxylic acids is 1. The van der Waals surface area contributed by atoms with Crippen LogP contribution >= 0.6 is 23.1 Å². The van der Waals surface area contributed by atoms with Gasteiger partial charge in [0.05, 0.1) is 6.20 Å². The van der Waals surface area contributed by atoms with Gasteiger partial charge in [0, 0.05) is 21.6 Å². The van der Waals surface area contributed by atoms with Crippen LogP contribution in [0.5, 0.6) is 0 Å². The Balaban J connectivity index is 1.92. The number of carbonyl (C=O) groups is 1. The molecule has 0 atom stereocenters. The second-order valence-corrected chi connectivity index (χ2v) is 5.19. The molecule has 6 heteroatoms. The van der Waals surface area contributed by atoms with Crippen molar-refractivity contribution in [3.8, 4) is 0 Å². The molecule has 0 fully saturated rings. The van der Waals surface area contributed by atoms with E-state index < -0.39 is 5.97 Å². The van der Waals surface area contributed by atoms with Crippen LogP contribution in [0, 0.1) is 0 Å². The Bertz CT molecular complexity index is 517. The maximum Gasteiger partial charge on any atom is 0.328 e. The highest BCUT2D eigenvalue weighted by Gasteiger charge is 2.02. The molecule has 4 nitrogen and oxygen atoms in total. The molecular formula is C11H9NO3S2. The Morgan fingerprint density at radius 3 is 3.18 bits per heavy atom. The van der Waals surface area contributed by atoms with E-state index in [1.165, 1.54) is 18.0 Å². The van der Waals surface area contributed by atoms with Crippen molar-refractivity contribution in [1.29, 1.82) is 0 Å². The topological polar surface area (TPSA) is 63.3 Å². The summed E-state index contributed by atoms with van der Waals surface area (Å²) in [5.74, 6) is -0.166. The zero-order valence-corrected chi connectivity index (χ0v) is 10.3. The van der Waals surface area contributed by atoms with Gasteiger partial charge in [-0.15, -0.1) is 11.3 Å². The summed E-state index contributed by atoms with van der Waals surface area (Å²) in [5, 5.41) is 9.14. The first-order valence-corrected chi connectivity index (χ1v) is 6.56. The van der Waals surface area contributed by atoms with Gasteiger partial charge >= 0.3 is 5.97 Å². The van der Waals surface area contributed by atoms with Crippen LogP contribution < -0.4 is 0 Å². The van der Waals surface area contributed by atoms with E-state index in [0.29, 0.717) is 5.22 Å². The van der Waals surface area contributed by atoms with E-state index in [1.807, 2.05) is 12.1 Å². The molecule has 0 saturated carbocycles. The van der Waals surface area contributed by atoms with Crippen LogP contribution in [0.4, 0.5) is 0 Å². The predicted octanol–water partition coefficient (Wildman–Crippen LogP) is 3.13. The van der Waals surface area contributed by atoms with E-state index in [-0.39, 0.29) is 0 Å². The molecule has 88 valence electrons. The fraction of sp³-hybridized carbons (Fsp3) is 0.0909. The van der Waals surface area contributed by atoms with Gasteiger partial charge in [-0.3, -0.25) is 0 Å². The molecule has 1 N–H and O–H groups in total. The van der Waals surface area contributed by atoms with Gasteiger partial charge in [-0.2, -0.15) is 0 Å². The van der Waals surface area contributed by atoms with Crippen LogP contribution in [0.25, 0.3) is 6.08 Å². The van der Waals surface area contributed by atoms with Gasteiger partial charge in [0.2, 0.25) is 0 Å². The second kappa shape index (κ2) is 5.70. The molecule has 0 aliphatic rings. The lowest BCUT2D eigenvalue weighted by molar-refractivity contribution is -0.131. The summed E-state index contributed by atoms with van der Waals surface area (Å²) in [7, 11) is 0. The van der Waals surface area contributed by atoms with Crippen molar-refractivity contribution < 1.29 is 14.3 Å². The van der Waals surface area contributed by atoms with Crippen molar-refractivity contribution in [1.82, 2.24) is 4.98 Å². The predicted molar refractivity (Wildman–Crippen MR) is 67.1 cm³/mol. The Kier molecular flexibility index (Phi) is 4.00. The van der Waals surface area contributed by atoms with Gasteiger partial charge in [-0.25, -0.2) is 9.78 Å². The molecule has 0 spiro atoms. The first kappa shape index (κ1) is 11.9. The number of aromatic nitrogens is 1. The monoisotopic (exact) mass is 267 g/mol. The highest BCUT2D eigenvalue weighted by Crippen LogP contribution is 2.26. The van der Waals surface area contributed by atoms with Crippen LogP contribution in [0.2, 0.25) is 0 Å². The number of thioether (sulfide) groups is 1. The average molecular weight is 267 g/mol. The van der Waals surface area contributed by atoms with E-state index in [2.05, 4.69) is 4.98 Å². The maximum absolute atomic E-state index is 10.4. The normalized spacial score (nSPS) is 11.1. The quantitative estimate of drug-likeness (QED) is 0.666. The summed E-state index contributed by atoms with van der Waals surface area (Å²) in [4.78, 5) is 16.4. The largest absolute Gasteiger partial charge is 0.478 e. The highest BCUT2D eigenvalue weighted by molar-refractivity contribution is 7.98. The standard InChI is InChI=1S/C11H9NO3S2/c13-10(14)4-3-8-1-2-9(17-8)7-16-11-12-5-6-15-11/h1-6H,7H2,(H,13,14)/b4-3+. The van der Waals surface area contributed by atoms with Gasteiger partial charge in [-0.05, 0) is 18.2 Å². The third kappa shape index (κ3) is 3.76. The lowest BCUT2D eigenvalue weighted by Gasteiger charge is -1.92. The summed E-state index contributed by atoms with van der Waals surface area (Å²) >= 11 is 3.07. The van der Waals surface area contributed by atoms with Crippen molar-refractivity contribution in [2.45, 2.75) is 11.0 Å². The van der Waals surface area contributed by atoms with Crippen LogP contribution in [-0.2, 0) is 10.5 Å². The third-order valence-electron chi connectivity index (χ3n) is 1.82. The summed E-state index contributed by atoms with van der Waals surface area (Å²) < 4.78 is 5.11. The molecule has 2 heterocycles. The molecule has 0 aliphatic heterocycles. The second-order valence-electron chi connectivity index (χ2n) is 3.06. The number of carboxylic acid groups (broad SMARTS) is 1. The SMILES string of the molecule is O=C(O)/C=C/c1ccc(CSc2ncco2)s1. The number of oxazole rings is 1. The molecule has 17 heavy (non-hydrogen) atoms. The number of nitrogens with zero attached hydrogens (tertiary/aromatic N) is 1. The van der Waals surface area contributed by atoms with Gasteiger partial charge in [0.1, 0.15) is 6.26 Å². The maximum atomic E-state index is 10.4. The zero-order valence-electron chi connectivity index (χ0n) is 8.70. The van der Waals surface area contributed by atoms with Gasteiger partial charge in [-0.1, -0.05) is 11.8 Å². The van der Waals surface area contributed by atoms with Crippen molar-refractivity contribution in [2.24, 2.45) is 0 Å². The number of rotatable bonds is 5. The molecule has 2 rings (SSSR count). The fourth-order valence-electron chi connectivity index (χ4n) is 1.13. The summed E-state index contributed by atoms with van der Waals surface area (Å²) in [6.07, 6.45) is 5.87. The molecule has 0 amide bonds. The minimum atomic E-state index is -0.936. The molecule has 0 unspecified atom stereocenters. The molecule has 0 aliphatic carbocycles. The van der Waals surface area contributed by atoms with Gasteiger partial charge in [0.15, 0.2) is 0 Å². The molecule has 2 aromatic heterocycles. The number of hydrogen-bond donors (Lipinski definition) is 1. The summed E-state index contributed by atoms with van der Waals surface area (Å²) in [5.41, 5.74) is 0. The smallest absolute Gasteiger partial charge is 0.328 e. The van der Waals surface area contributed by atoms with E-state index in [1.54, 1.807) is 23.6 Å². The molecule has 2 aromatic rings. The minimum absolute atomic E-state index is 0.640. The fourth-order valence-corrected chi connectivity index (χ4v) is 2.87. The van der Waals surface area contributed by atoms with Crippen LogP contribution in [0.3, 0.4) is 0 Å². The Hall–Kier alpha value is -1.53. The lowest BCUT2D eigenvalue weighted by Crippen LogP contribution is -1.84. The van der Waals surface area contributed by atoms with Gasteiger partial charge < -0.3 is 9.52 Å². The van der Waals surface area contributed by atoms with Gasteiger partial charge in [0.25, 0.3) is 5.22 Å². The number of carboxylic acids is 1. The highest BCUT2D eigenvalue weighted by atomic mass is 32.2. The van der Waals surface area contributed by atoms with E-state index in [0.717, 1.165) is 21.6 Å². The van der Waals surface area contributed by atoms with Crippen LogP contribution in [0.1, 0.15) is 9.75 Å². The van der Waals surface area contributed by atoms with Crippen molar-refractivity contribution in [2.75, 3.05) is 0 Å². The zero-order chi connectivity index (χ0) is 12.1. The Morgan fingerprint density at radius 1 is 1.59 bits per heavy atom. The first-order chi connectivity index (χ1) is 8.24. The average Bonchev–Trinajstić information content (AvgIpc) is 2.95. The Morgan fingerprint density at radius 2 is 2.47 bits per heavy atom. The summed E-state index contributed by atoms with van der Waals surface area (Å²) in [6.45, 7) is 0. The lowest BCUT2D eigenvalue weighted by atomic mass is 10.4. The molecular weight excluding hydrogens is 258 g/mol. The van der Waals surface area contributed by atoms with E-state index >= 15 is 0 Å². The number of hydrogen-bond acceptors (Lipinski definition) is 5. The van der Waals surface area contributed by atoms with Crippen molar-refractivity contribution >= 4 is 35.1 Å². The summed E-state index contributed by atoms with van der Waals surface area (Å²) in [6, 6.07) is 3.87. The Labute approximate surface area is 106 Å². The molecule has 0 aromatic carbocycles. The molecule has 0 bridgehead atoms. The van der Waals surface area contributed by atoms with Crippen molar-refractivity contribution in [3.05, 3.63) is 40.4 Å². The molecule has 0 saturated heterocycles.